The molecule has 0 unspecified atom stereocenters. The maximum absolute atomic E-state index is 13.4. The van der Waals surface area contributed by atoms with Gasteiger partial charge in [0, 0.05) is 25.9 Å². The third kappa shape index (κ3) is 7.41. The van der Waals surface area contributed by atoms with Crippen molar-refractivity contribution in [3.8, 4) is 16.9 Å². The number of pyridine rings is 1. The Bertz CT molecular complexity index is 1850. The highest BCUT2D eigenvalue weighted by Gasteiger charge is 2.51. The number of carboxylic acid groups (broad SMARTS) is 2. The van der Waals surface area contributed by atoms with Crippen LogP contribution in [0.25, 0.3) is 11.1 Å². The van der Waals surface area contributed by atoms with Crippen molar-refractivity contribution in [1.29, 1.82) is 0 Å². The number of nitrogens with zero attached hydrogens (tertiary/aromatic N) is 2. The van der Waals surface area contributed by atoms with Crippen LogP contribution in [0.15, 0.2) is 91.1 Å². The van der Waals surface area contributed by atoms with Gasteiger partial charge < -0.3 is 29.9 Å². The molecule has 15 heteroatoms. The highest BCUT2D eigenvalue weighted by Crippen LogP contribution is 2.33. The highest BCUT2D eigenvalue weighted by atomic mass is 19.4. The van der Waals surface area contributed by atoms with Crippen molar-refractivity contribution >= 4 is 35.6 Å². The van der Waals surface area contributed by atoms with Crippen molar-refractivity contribution in [3.05, 3.63) is 114 Å². The van der Waals surface area contributed by atoms with Crippen LogP contribution in [0.5, 0.6) is 5.75 Å². The van der Waals surface area contributed by atoms with Gasteiger partial charge in [-0.15, -0.1) is 0 Å². The number of carbonyl (C=O) groups excluding carboxylic acids is 3. The molecule has 0 fully saturated rings. The summed E-state index contributed by atoms with van der Waals surface area (Å²) >= 11 is 0. The molecular weight excluding hydrogens is 639 g/mol. The number of aliphatic carboxylic acids is 2. The minimum Gasteiger partial charge on any atom is -0.480 e. The van der Waals surface area contributed by atoms with Crippen molar-refractivity contribution in [2.24, 2.45) is 0 Å². The van der Waals surface area contributed by atoms with Crippen LogP contribution in [-0.2, 0) is 25.9 Å². The monoisotopic (exact) mass is 665 g/mol. The normalized spacial score (nSPS) is 11.3. The molecule has 0 bridgehead atoms. The Morgan fingerprint density at radius 2 is 1.48 bits per heavy atom. The SMILES string of the molecule is CN(C)C(=O)c1cc(OC(=O)OCC(C(=O)O)(C(=O)O)c2ccccn2)ccc1NC(=O)c1ccccc1-c1ccc(C(F)(F)F)cc1. The van der Waals surface area contributed by atoms with E-state index in [-0.39, 0.29) is 22.6 Å². The molecule has 0 atom stereocenters. The van der Waals surface area contributed by atoms with Crippen molar-refractivity contribution < 1.29 is 56.8 Å². The van der Waals surface area contributed by atoms with Gasteiger partial charge in [0.05, 0.1) is 22.5 Å². The molecule has 0 spiro atoms. The molecule has 0 saturated carbocycles. The molecule has 48 heavy (non-hydrogen) atoms. The fourth-order valence-corrected chi connectivity index (χ4v) is 4.49. The van der Waals surface area contributed by atoms with Gasteiger partial charge >= 0.3 is 24.3 Å². The summed E-state index contributed by atoms with van der Waals surface area (Å²) in [6.07, 6.45) is -4.87. The van der Waals surface area contributed by atoms with Gasteiger partial charge in [-0.05, 0) is 59.7 Å². The second kappa shape index (κ2) is 14.0. The maximum Gasteiger partial charge on any atom is 0.513 e. The van der Waals surface area contributed by atoms with E-state index in [0.29, 0.717) is 11.1 Å². The zero-order valence-electron chi connectivity index (χ0n) is 25.1. The lowest BCUT2D eigenvalue weighted by molar-refractivity contribution is -0.160. The summed E-state index contributed by atoms with van der Waals surface area (Å²) in [7, 11) is 2.84. The first kappa shape index (κ1) is 34.6. The summed E-state index contributed by atoms with van der Waals surface area (Å²) in [5.74, 6) is -5.31. The number of rotatable bonds is 10. The number of hydrogen-bond donors (Lipinski definition) is 3. The van der Waals surface area contributed by atoms with Crippen molar-refractivity contribution in [1.82, 2.24) is 9.88 Å². The van der Waals surface area contributed by atoms with E-state index in [0.717, 1.165) is 24.3 Å². The summed E-state index contributed by atoms with van der Waals surface area (Å²) in [6.45, 7) is -1.19. The lowest BCUT2D eigenvalue weighted by atomic mass is 9.85. The average Bonchev–Trinajstić information content (AvgIpc) is 3.05. The quantitative estimate of drug-likeness (QED) is 0.114. The van der Waals surface area contributed by atoms with Gasteiger partial charge in [-0.2, -0.15) is 13.2 Å². The van der Waals surface area contributed by atoms with Gasteiger partial charge in [-0.3, -0.25) is 24.2 Å². The zero-order chi connectivity index (χ0) is 35.2. The molecule has 12 nitrogen and oxygen atoms in total. The molecule has 4 aromatic rings. The van der Waals surface area contributed by atoms with Crippen LogP contribution in [0, 0.1) is 0 Å². The molecular formula is C33H26F3N3O9. The number of aromatic nitrogens is 1. The first-order chi connectivity index (χ1) is 22.6. The van der Waals surface area contributed by atoms with Gasteiger partial charge in [0.1, 0.15) is 12.4 Å². The number of anilines is 1. The number of halogens is 3. The first-order valence-electron chi connectivity index (χ1n) is 13.8. The molecule has 4 rings (SSSR count). The van der Waals surface area contributed by atoms with Gasteiger partial charge in [0.25, 0.3) is 11.8 Å². The van der Waals surface area contributed by atoms with Crippen LogP contribution in [0.4, 0.5) is 23.7 Å². The topological polar surface area (TPSA) is 172 Å². The summed E-state index contributed by atoms with van der Waals surface area (Å²) in [6, 6.07) is 17.9. The van der Waals surface area contributed by atoms with Crippen molar-refractivity contribution in [2.75, 3.05) is 26.0 Å². The predicted molar refractivity (Wildman–Crippen MR) is 162 cm³/mol. The van der Waals surface area contributed by atoms with E-state index in [1.807, 2.05) is 0 Å². The largest absolute Gasteiger partial charge is 0.513 e. The first-order valence-corrected chi connectivity index (χ1v) is 13.8. The molecule has 3 aromatic carbocycles. The van der Waals surface area contributed by atoms with Crippen LogP contribution >= 0.6 is 0 Å². The second-order valence-corrected chi connectivity index (χ2v) is 10.4. The maximum atomic E-state index is 13.4. The molecule has 0 saturated heterocycles. The zero-order valence-corrected chi connectivity index (χ0v) is 25.1. The third-order valence-corrected chi connectivity index (χ3v) is 7.01. The number of hydrogen-bond acceptors (Lipinski definition) is 8. The van der Waals surface area contributed by atoms with Crippen LogP contribution < -0.4 is 10.1 Å². The van der Waals surface area contributed by atoms with Gasteiger partial charge in [-0.25, -0.2) is 4.79 Å². The lowest BCUT2D eigenvalue weighted by Gasteiger charge is -2.23. The number of carboxylic acids is 2. The molecule has 1 aromatic heterocycles. The summed E-state index contributed by atoms with van der Waals surface area (Å²) in [5, 5.41) is 22.1. The van der Waals surface area contributed by atoms with Crippen molar-refractivity contribution in [2.45, 2.75) is 11.6 Å². The van der Waals surface area contributed by atoms with E-state index in [1.54, 1.807) is 18.2 Å². The molecule has 1 heterocycles. The van der Waals surface area contributed by atoms with Gasteiger partial charge in [0.2, 0.25) is 5.41 Å². The van der Waals surface area contributed by atoms with E-state index in [4.69, 9.17) is 9.47 Å². The lowest BCUT2D eigenvalue weighted by Crippen LogP contribution is -2.49. The minimum atomic E-state index is -4.54. The minimum absolute atomic E-state index is 0.0208. The van der Waals surface area contributed by atoms with Crippen molar-refractivity contribution in [3.63, 3.8) is 0 Å². The number of benzene rings is 3. The molecule has 0 aliphatic carbocycles. The number of nitrogens with one attached hydrogen (secondary N) is 1. The number of amides is 2. The van der Waals surface area contributed by atoms with Crippen LogP contribution in [0.3, 0.4) is 0 Å². The molecule has 248 valence electrons. The Hall–Kier alpha value is -6.25. The fraction of sp³-hybridized carbons (Fsp3) is 0.152. The molecule has 3 N–H and O–H groups in total. The Kier molecular flexibility index (Phi) is 10.1. The summed E-state index contributed by atoms with van der Waals surface area (Å²) in [4.78, 5) is 68.1. The average molecular weight is 666 g/mol. The Morgan fingerprint density at radius 3 is 2.06 bits per heavy atom. The van der Waals surface area contributed by atoms with Gasteiger partial charge in [-0.1, -0.05) is 36.4 Å². The Morgan fingerprint density at radius 1 is 0.833 bits per heavy atom. The smallest absolute Gasteiger partial charge is 0.480 e. The standard InChI is InChI=1S/C33H26F3N3O9/c1-39(2)28(41)24-17-21(48-31(46)47-18-32(29(42)43,30(44)45)26-9-5-6-16-37-26)14-15-25(24)38-27(40)23-8-4-3-7-22(23)19-10-12-20(13-11-19)33(34,35)36/h3-17H,18H2,1-2H3,(H,38,40)(H,42,43)(H,44,45). The summed E-state index contributed by atoms with van der Waals surface area (Å²) < 4.78 is 49.2. The predicted octanol–water partition coefficient (Wildman–Crippen LogP) is 5.34. The van der Waals surface area contributed by atoms with E-state index >= 15 is 0 Å². The van der Waals surface area contributed by atoms with E-state index in [2.05, 4.69) is 10.3 Å². The number of carbonyl (C=O) groups is 5. The van der Waals surface area contributed by atoms with E-state index < -0.39 is 59.4 Å². The van der Waals surface area contributed by atoms with Crippen LogP contribution in [0.2, 0.25) is 0 Å². The molecule has 2 amide bonds. The third-order valence-electron chi connectivity index (χ3n) is 7.01. The molecule has 0 aliphatic rings. The van der Waals surface area contributed by atoms with Crippen LogP contribution in [-0.4, -0.2) is 70.7 Å². The number of alkyl halides is 3. The number of ether oxygens (including phenoxy) is 2. The fourth-order valence-electron chi connectivity index (χ4n) is 4.49. The Balaban J connectivity index is 1.58. The Labute approximate surface area is 270 Å². The van der Waals surface area contributed by atoms with Crippen LogP contribution in [0.1, 0.15) is 32.0 Å². The second-order valence-electron chi connectivity index (χ2n) is 10.4. The highest BCUT2D eigenvalue weighted by molar-refractivity contribution is 6.12. The van der Waals surface area contributed by atoms with E-state index in [1.165, 1.54) is 67.7 Å². The van der Waals surface area contributed by atoms with Gasteiger partial charge in [0.15, 0.2) is 0 Å². The molecule has 0 aliphatic heterocycles. The molecule has 0 radical (unpaired) electrons. The van der Waals surface area contributed by atoms with E-state index in [9.17, 15) is 47.4 Å². The summed E-state index contributed by atoms with van der Waals surface area (Å²) in [5.41, 5.74) is -3.46.